The zero-order chi connectivity index (χ0) is 11.5. The highest BCUT2D eigenvalue weighted by molar-refractivity contribution is 5.85. The van der Waals surface area contributed by atoms with E-state index in [1.807, 2.05) is 10.8 Å². The van der Waals surface area contributed by atoms with Crippen LogP contribution in [0, 0.1) is 0 Å². The highest BCUT2D eigenvalue weighted by Crippen LogP contribution is 2.17. The van der Waals surface area contributed by atoms with Gasteiger partial charge in [-0.3, -0.25) is 0 Å². The van der Waals surface area contributed by atoms with E-state index in [2.05, 4.69) is 11.9 Å². The number of likely N-dealkylation sites (tertiary alicyclic amines) is 1. The third-order valence-electron chi connectivity index (χ3n) is 3.38. The third kappa shape index (κ3) is 2.27. The van der Waals surface area contributed by atoms with Crippen LogP contribution < -0.4 is 0 Å². The van der Waals surface area contributed by atoms with Crippen molar-refractivity contribution in [1.82, 2.24) is 9.47 Å². The second kappa shape index (κ2) is 4.70. The minimum absolute atomic E-state index is 0.388. The molecule has 1 unspecified atom stereocenters. The van der Waals surface area contributed by atoms with Crippen LogP contribution in [0.2, 0.25) is 0 Å². The van der Waals surface area contributed by atoms with Crippen LogP contribution in [-0.2, 0) is 6.54 Å². The summed E-state index contributed by atoms with van der Waals surface area (Å²) in [6.45, 7) is 1.90. The molecule has 88 valence electrons. The van der Waals surface area contributed by atoms with Crippen LogP contribution in [0.25, 0.3) is 0 Å². The van der Waals surface area contributed by atoms with Gasteiger partial charge in [0.15, 0.2) is 0 Å². The average molecular weight is 222 g/mol. The van der Waals surface area contributed by atoms with E-state index in [0.717, 1.165) is 19.5 Å². The van der Waals surface area contributed by atoms with E-state index in [-0.39, 0.29) is 0 Å². The Kier molecular flexibility index (Phi) is 3.29. The van der Waals surface area contributed by atoms with Gasteiger partial charge in [0, 0.05) is 18.8 Å². The molecule has 1 aromatic heterocycles. The van der Waals surface area contributed by atoms with Gasteiger partial charge in [-0.05, 0) is 38.6 Å². The largest absolute Gasteiger partial charge is 0.477 e. The van der Waals surface area contributed by atoms with Crippen molar-refractivity contribution in [3.8, 4) is 0 Å². The summed E-state index contributed by atoms with van der Waals surface area (Å²) >= 11 is 0. The van der Waals surface area contributed by atoms with Crippen molar-refractivity contribution in [2.45, 2.75) is 31.8 Å². The van der Waals surface area contributed by atoms with Gasteiger partial charge >= 0.3 is 5.97 Å². The molecule has 0 aliphatic carbocycles. The van der Waals surface area contributed by atoms with Crippen LogP contribution in [0.1, 0.15) is 29.8 Å². The van der Waals surface area contributed by atoms with Crippen LogP contribution in [0.15, 0.2) is 18.3 Å². The Labute approximate surface area is 95.5 Å². The molecule has 0 amide bonds. The summed E-state index contributed by atoms with van der Waals surface area (Å²) in [7, 11) is 2.12. The molecular formula is C12H18N2O2. The van der Waals surface area contributed by atoms with Gasteiger partial charge in [-0.15, -0.1) is 0 Å². The van der Waals surface area contributed by atoms with E-state index in [1.165, 1.54) is 12.8 Å². The molecule has 2 heterocycles. The molecule has 1 atom stereocenters. The number of rotatable bonds is 3. The fourth-order valence-corrected chi connectivity index (χ4v) is 2.37. The Hall–Kier alpha value is -1.29. The lowest BCUT2D eigenvalue weighted by Gasteiger charge is -2.32. The molecule has 1 aromatic rings. The molecule has 1 saturated heterocycles. The molecule has 0 spiro atoms. The number of carboxylic acids is 1. The quantitative estimate of drug-likeness (QED) is 0.846. The lowest BCUT2D eigenvalue weighted by atomic mass is 10.0. The molecular weight excluding hydrogens is 204 g/mol. The topological polar surface area (TPSA) is 45.5 Å². The predicted molar refractivity (Wildman–Crippen MR) is 61.7 cm³/mol. The molecule has 1 aliphatic heterocycles. The normalized spacial score (nSPS) is 22.2. The lowest BCUT2D eigenvalue weighted by molar-refractivity contribution is 0.0681. The summed E-state index contributed by atoms with van der Waals surface area (Å²) in [5, 5.41) is 9.02. The number of nitrogens with zero attached hydrogens (tertiary/aromatic N) is 2. The van der Waals surface area contributed by atoms with Gasteiger partial charge in [0.1, 0.15) is 5.69 Å². The van der Waals surface area contributed by atoms with Gasteiger partial charge in [-0.1, -0.05) is 6.42 Å². The second-order valence-corrected chi connectivity index (χ2v) is 4.48. The zero-order valence-corrected chi connectivity index (χ0v) is 9.59. The Balaban J connectivity index is 2.07. The lowest BCUT2D eigenvalue weighted by Crippen LogP contribution is -2.39. The summed E-state index contributed by atoms with van der Waals surface area (Å²) in [6, 6.07) is 3.93. The van der Waals surface area contributed by atoms with Crippen LogP contribution in [0.3, 0.4) is 0 Å². The van der Waals surface area contributed by atoms with Crippen molar-refractivity contribution in [2.24, 2.45) is 0 Å². The number of carboxylic acid groups (broad SMARTS) is 1. The summed E-state index contributed by atoms with van der Waals surface area (Å²) < 4.78 is 1.84. The number of hydrogen-bond donors (Lipinski definition) is 1. The van der Waals surface area contributed by atoms with Crippen molar-refractivity contribution in [1.29, 1.82) is 0 Å². The first kappa shape index (κ1) is 11.2. The maximum Gasteiger partial charge on any atom is 0.352 e. The molecule has 0 radical (unpaired) electrons. The molecule has 0 saturated carbocycles. The first-order chi connectivity index (χ1) is 7.68. The number of piperidine rings is 1. The monoisotopic (exact) mass is 222 g/mol. The van der Waals surface area contributed by atoms with Crippen LogP contribution >= 0.6 is 0 Å². The first-order valence-electron chi connectivity index (χ1n) is 5.77. The summed E-state index contributed by atoms with van der Waals surface area (Å²) in [4.78, 5) is 13.3. The van der Waals surface area contributed by atoms with E-state index in [4.69, 9.17) is 5.11 Å². The van der Waals surface area contributed by atoms with Crippen molar-refractivity contribution in [2.75, 3.05) is 13.6 Å². The van der Waals surface area contributed by atoms with Gasteiger partial charge in [0.25, 0.3) is 0 Å². The Bertz CT molecular complexity index is 373. The second-order valence-electron chi connectivity index (χ2n) is 4.48. The van der Waals surface area contributed by atoms with Crippen molar-refractivity contribution in [3.63, 3.8) is 0 Å². The maximum atomic E-state index is 11.0. The molecule has 1 N–H and O–H groups in total. The number of likely N-dealkylation sites (N-methyl/N-ethyl adjacent to an activating group) is 1. The molecule has 1 aliphatic rings. The number of carbonyl (C=O) groups is 1. The van der Waals surface area contributed by atoms with Gasteiger partial charge in [-0.25, -0.2) is 4.79 Å². The van der Waals surface area contributed by atoms with Gasteiger partial charge in [0.05, 0.1) is 0 Å². The third-order valence-corrected chi connectivity index (χ3v) is 3.38. The highest BCUT2D eigenvalue weighted by Gasteiger charge is 2.20. The van der Waals surface area contributed by atoms with E-state index >= 15 is 0 Å². The van der Waals surface area contributed by atoms with E-state index in [9.17, 15) is 4.79 Å². The maximum absolute atomic E-state index is 11.0. The van der Waals surface area contributed by atoms with Crippen molar-refractivity contribution in [3.05, 3.63) is 24.0 Å². The van der Waals surface area contributed by atoms with Crippen LogP contribution in [0.4, 0.5) is 0 Å². The average Bonchev–Trinajstić information content (AvgIpc) is 2.69. The Morgan fingerprint density at radius 1 is 1.56 bits per heavy atom. The minimum atomic E-state index is -0.844. The minimum Gasteiger partial charge on any atom is -0.477 e. The molecule has 4 heteroatoms. The van der Waals surface area contributed by atoms with Crippen molar-refractivity contribution >= 4 is 5.97 Å². The Morgan fingerprint density at radius 2 is 2.38 bits per heavy atom. The van der Waals surface area contributed by atoms with Gasteiger partial charge in [-0.2, -0.15) is 0 Å². The molecule has 4 nitrogen and oxygen atoms in total. The van der Waals surface area contributed by atoms with Crippen LogP contribution in [-0.4, -0.2) is 40.2 Å². The van der Waals surface area contributed by atoms with Crippen LogP contribution in [0.5, 0.6) is 0 Å². The fourth-order valence-electron chi connectivity index (χ4n) is 2.37. The van der Waals surface area contributed by atoms with E-state index in [0.29, 0.717) is 11.7 Å². The molecule has 0 bridgehead atoms. The molecule has 0 aromatic carbocycles. The molecule has 16 heavy (non-hydrogen) atoms. The first-order valence-corrected chi connectivity index (χ1v) is 5.77. The summed E-state index contributed by atoms with van der Waals surface area (Å²) in [5.74, 6) is -0.844. The standard InChI is InChI=1S/C12H18N2O2/c1-13-7-3-2-5-10(13)9-14-8-4-6-11(14)12(15)16/h4,6,8,10H,2-3,5,7,9H2,1H3,(H,15,16). The fraction of sp³-hybridized carbons (Fsp3) is 0.583. The number of aromatic carboxylic acids is 1. The molecule has 1 fully saturated rings. The number of hydrogen-bond acceptors (Lipinski definition) is 2. The van der Waals surface area contributed by atoms with Gasteiger partial charge in [0.2, 0.25) is 0 Å². The van der Waals surface area contributed by atoms with Gasteiger partial charge < -0.3 is 14.6 Å². The molecule has 2 rings (SSSR count). The highest BCUT2D eigenvalue weighted by atomic mass is 16.4. The summed E-state index contributed by atoms with van der Waals surface area (Å²) in [6.07, 6.45) is 5.52. The predicted octanol–water partition coefficient (Wildman–Crippen LogP) is 1.67. The summed E-state index contributed by atoms with van der Waals surface area (Å²) in [5.41, 5.74) is 0.388. The number of aromatic nitrogens is 1. The Morgan fingerprint density at radius 3 is 3.06 bits per heavy atom. The van der Waals surface area contributed by atoms with E-state index < -0.39 is 5.97 Å². The zero-order valence-electron chi connectivity index (χ0n) is 9.59. The smallest absolute Gasteiger partial charge is 0.352 e. The van der Waals surface area contributed by atoms with Crippen molar-refractivity contribution < 1.29 is 9.90 Å². The van der Waals surface area contributed by atoms with E-state index in [1.54, 1.807) is 12.1 Å². The SMILES string of the molecule is CN1CCCCC1Cn1cccc1C(=O)O.